The van der Waals surface area contributed by atoms with Gasteiger partial charge in [-0.25, -0.2) is 0 Å². The Labute approximate surface area is 159 Å². The fraction of sp³-hybridized carbons (Fsp3) is 0.524. The lowest BCUT2D eigenvalue weighted by atomic mass is 9.82. The molecule has 2 saturated heterocycles. The molecule has 6 nitrogen and oxygen atoms in total. The molecule has 2 aliphatic heterocycles. The maximum atomic E-state index is 12.8. The van der Waals surface area contributed by atoms with E-state index in [1.54, 1.807) is 0 Å². The van der Waals surface area contributed by atoms with Crippen molar-refractivity contribution in [2.75, 3.05) is 19.7 Å². The molecule has 1 aromatic carbocycles. The standard InChI is InChI=1S/C21H27N3O3/c1-2-15-5-7-16(8-6-15)17-14-18(23-22-17)20(26)24-11-9-21(10-12-24)19(25)4-3-13-27-21/h5-8,14,19,25H,2-4,9-13H2,1H3,(H,22,23)/t19-/m1/s1. The number of aryl methyl sites for hydroxylation is 1. The zero-order chi connectivity index (χ0) is 18.9. The number of carbonyl (C=O) groups is 1. The second-order valence-electron chi connectivity index (χ2n) is 7.58. The molecule has 0 unspecified atom stereocenters. The van der Waals surface area contributed by atoms with Gasteiger partial charge in [-0.1, -0.05) is 31.2 Å². The smallest absolute Gasteiger partial charge is 0.271 e. The number of carbonyl (C=O) groups excluding carboxylic acids is 1. The van der Waals surface area contributed by atoms with E-state index in [9.17, 15) is 9.90 Å². The lowest BCUT2D eigenvalue weighted by Crippen LogP contribution is -2.56. The molecule has 6 heteroatoms. The highest BCUT2D eigenvalue weighted by molar-refractivity contribution is 5.93. The van der Waals surface area contributed by atoms with Crippen LogP contribution in [0.1, 0.15) is 48.7 Å². The zero-order valence-electron chi connectivity index (χ0n) is 15.8. The van der Waals surface area contributed by atoms with E-state index in [0.29, 0.717) is 38.2 Å². The summed E-state index contributed by atoms with van der Waals surface area (Å²) in [5.41, 5.74) is 3.10. The van der Waals surface area contributed by atoms with Crippen molar-refractivity contribution >= 4 is 5.91 Å². The Morgan fingerprint density at radius 3 is 2.74 bits per heavy atom. The Bertz CT molecular complexity index is 791. The summed E-state index contributed by atoms with van der Waals surface area (Å²) in [4.78, 5) is 14.7. The molecule has 2 aliphatic rings. The van der Waals surface area contributed by atoms with Gasteiger partial charge in [-0.05, 0) is 43.7 Å². The molecule has 3 heterocycles. The topological polar surface area (TPSA) is 78.5 Å². The minimum absolute atomic E-state index is 0.0425. The molecule has 0 aliphatic carbocycles. The quantitative estimate of drug-likeness (QED) is 0.872. The minimum Gasteiger partial charge on any atom is -0.390 e. The van der Waals surface area contributed by atoms with Crippen molar-refractivity contribution in [1.29, 1.82) is 0 Å². The molecule has 2 N–H and O–H groups in total. The highest BCUT2D eigenvalue weighted by Gasteiger charge is 2.44. The summed E-state index contributed by atoms with van der Waals surface area (Å²) in [5, 5.41) is 17.6. The number of amides is 1. The second kappa shape index (κ2) is 7.44. The van der Waals surface area contributed by atoms with Crippen LogP contribution in [0.2, 0.25) is 0 Å². The van der Waals surface area contributed by atoms with Gasteiger partial charge < -0.3 is 14.7 Å². The van der Waals surface area contributed by atoms with Crippen molar-refractivity contribution in [2.24, 2.45) is 0 Å². The Balaban J connectivity index is 1.42. The van der Waals surface area contributed by atoms with Crippen LogP contribution in [-0.2, 0) is 11.2 Å². The number of ether oxygens (including phenoxy) is 1. The van der Waals surface area contributed by atoms with Crippen molar-refractivity contribution in [3.63, 3.8) is 0 Å². The van der Waals surface area contributed by atoms with Crippen LogP contribution in [0.5, 0.6) is 0 Å². The number of aromatic amines is 1. The Morgan fingerprint density at radius 1 is 1.33 bits per heavy atom. The number of rotatable bonds is 3. The van der Waals surface area contributed by atoms with Gasteiger partial charge in [0, 0.05) is 25.3 Å². The van der Waals surface area contributed by atoms with Crippen LogP contribution in [0.25, 0.3) is 11.3 Å². The summed E-state index contributed by atoms with van der Waals surface area (Å²) in [6.45, 7) is 4.01. The van der Waals surface area contributed by atoms with Gasteiger partial charge in [-0.15, -0.1) is 0 Å². The highest BCUT2D eigenvalue weighted by Crippen LogP contribution is 2.35. The summed E-state index contributed by atoms with van der Waals surface area (Å²) < 4.78 is 5.93. The van der Waals surface area contributed by atoms with Crippen molar-refractivity contribution in [2.45, 2.75) is 50.7 Å². The fourth-order valence-electron chi connectivity index (χ4n) is 4.14. The number of aliphatic hydroxyl groups excluding tert-OH is 1. The van der Waals surface area contributed by atoms with Gasteiger partial charge in [0.25, 0.3) is 5.91 Å². The summed E-state index contributed by atoms with van der Waals surface area (Å²) in [7, 11) is 0. The largest absolute Gasteiger partial charge is 0.390 e. The van der Waals surface area contributed by atoms with E-state index in [0.717, 1.165) is 30.5 Å². The maximum absolute atomic E-state index is 12.8. The molecule has 0 bridgehead atoms. The molecule has 0 radical (unpaired) electrons. The Kier molecular flexibility index (Phi) is 5.02. The molecule has 1 spiro atoms. The molecule has 0 saturated carbocycles. The van der Waals surface area contributed by atoms with Crippen molar-refractivity contribution < 1.29 is 14.6 Å². The molecule has 2 fully saturated rings. The molecule has 27 heavy (non-hydrogen) atoms. The third kappa shape index (κ3) is 3.51. The fourth-order valence-corrected chi connectivity index (χ4v) is 4.14. The molecule has 4 rings (SSSR count). The lowest BCUT2D eigenvalue weighted by molar-refractivity contribution is -0.174. The van der Waals surface area contributed by atoms with Gasteiger partial charge in [-0.2, -0.15) is 5.10 Å². The van der Waals surface area contributed by atoms with Crippen LogP contribution in [0, 0.1) is 0 Å². The number of aliphatic hydroxyl groups is 1. The van der Waals surface area contributed by atoms with E-state index >= 15 is 0 Å². The normalized spacial score (nSPS) is 22.1. The Hall–Kier alpha value is -2.18. The zero-order valence-corrected chi connectivity index (χ0v) is 15.8. The van der Waals surface area contributed by atoms with Gasteiger partial charge in [0.2, 0.25) is 0 Å². The number of piperidine rings is 1. The van der Waals surface area contributed by atoms with Crippen LogP contribution < -0.4 is 0 Å². The second-order valence-corrected chi connectivity index (χ2v) is 7.58. The van der Waals surface area contributed by atoms with Crippen LogP contribution >= 0.6 is 0 Å². The van der Waals surface area contributed by atoms with Crippen LogP contribution in [0.3, 0.4) is 0 Å². The van der Waals surface area contributed by atoms with E-state index < -0.39 is 11.7 Å². The third-order valence-corrected chi connectivity index (χ3v) is 5.98. The molecular formula is C21H27N3O3. The van der Waals surface area contributed by atoms with Crippen LogP contribution in [0.15, 0.2) is 30.3 Å². The first-order valence-electron chi connectivity index (χ1n) is 9.87. The van der Waals surface area contributed by atoms with Gasteiger partial charge >= 0.3 is 0 Å². The monoisotopic (exact) mass is 369 g/mol. The molecule has 2 aromatic rings. The number of aromatic nitrogens is 2. The van der Waals surface area contributed by atoms with E-state index in [2.05, 4.69) is 29.3 Å². The average Bonchev–Trinajstić information content (AvgIpc) is 3.21. The first-order chi connectivity index (χ1) is 13.1. The number of hydrogen-bond acceptors (Lipinski definition) is 4. The predicted molar refractivity (Wildman–Crippen MR) is 102 cm³/mol. The number of H-pyrrole nitrogens is 1. The molecule has 144 valence electrons. The summed E-state index contributed by atoms with van der Waals surface area (Å²) in [5.74, 6) is -0.0425. The first kappa shape index (κ1) is 18.2. The molecule has 1 aromatic heterocycles. The van der Waals surface area contributed by atoms with Gasteiger partial charge in [0.15, 0.2) is 0 Å². The summed E-state index contributed by atoms with van der Waals surface area (Å²) in [6.07, 6.45) is 3.63. The van der Waals surface area contributed by atoms with Gasteiger partial charge in [0.05, 0.1) is 17.4 Å². The van der Waals surface area contributed by atoms with E-state index in [1.165, 1.54) is 5.56 Å². The number of nitrogens with zero attached hydrogens (tertiary/aromatic N) is 2. The van der Waals surface area contributed by atoms with Crippen molar-refractivity contribution in [1.82, 2.24) is 15.1 Å². The number of nitrogens with one attached hydrogen (secondary N) is 1. The summed E-state index contributed by atoms with van der Waals surface area (Å²) >= 11 is 0. The van der Waals surface area contributed by atoms with Crippen molar-refractivity contribution in [3.8, 4) is 11.3 Å². The molecular weight excluding hydrogens is 342 g/mol. The average molecular weight is 369 g/mol. The molecule has 1 atom stereocenters. The minimum atomic E-state index is -0.463. The van der Waals surface area contributed by atoms with Gasteiger partial charge in [0.1, 0.15) is 5.69 Å². The number of likely N-dealkylation sites (tertiary alicyclic amines) is 1. The number of benzene rings is 1. The van der Waals surface area contributed by atoms with E-state index in [1.807, 2.05) is 23.1 Å². The third-order valence-electron chi connectivity index (χ3n) is 5.98. The Morgan fingerprint density at radius 2 is 2.07 bits per heavy atom. The van der Waals surface area contributed by atoms with E-state index in [-0.39, 0.29) is 5.91 Å². The van der Waals surface area contributed by atoms with Gasteiger partial charge in [-0.3, -0.25) is 9.89 Å². The van der Waals surface area contributed by atoms with Crippen molar-refractivity contribution in [3.05, 3.63) is 41.6 Å². The van der Waals surface area contributed by atoms with E-state index in [4.69, 9.17) is 4.74 Å². The predicted octanol–water partition coefficient (Wildman–Crippen LogP) is 2.79. The highest BCUT2D eigenvalue weighted by atomic mass is 16.5. The summed E-state index contributed by atoms with van der Waals surface area (Å²) in [6, 6.07) is 10.1. The number of hydrogen-bond donors (Lipinski definition) is 2. The molecule has 1 amide bonds. The van der Waals surface area contributed by atoms with Crippen LogP contribution in [-0.4, -0.2) is 57.5 Å². The maximum Gasteiger partial charge on any atom is 0.271 e. The lowest BCUT2D eigenvalue weighted by Gasteiger charge is -2.46. The first-order valence-corrected chi connectivity index (χ1v) is 9.87. The van der Waals surface area contributed by atoms with Crippen LogP contribution in [0.4, 0.5) is 0 Å². The SMILES string of the molecule is CCc1ccc(-c2cc(C(=O)N3CCC4(CC3)OCCC[C@H]4O)[nH]n2)cc1.